The summed E-state index contributed by atoms with van der Waals surface area (Å²) in [6.45, 7) is 0. The van der Waals surface area contributed by atoms with Crippen molar-refractivity contribution in [3.05, 3.63) is 48.9 Å². The standard InChI is InChI=1S/C12H8N3O/c1-2-10(8-13-6-1)16-11-4-3-9-5-7-14-12(9)15-11/h1-4,6-8H,(H,14,15). The Kier molecular flexibility index (Phi) is 2.04. The second-order valence-electron chi connectivity index (χ2n) is 3.27. The third kappa shape index (κ3) is 1.61. The predicted molar refractivity (Wildman–Crippen MR) is 59.2 cm³/mol. The van der Waals surface area contributed by atoms with Crippen molar-refractivity contribution in [2.24, 2.45) is 0 Å². The van der Waals surface area contributed by atoms with E-state index in [1.807, 2.05) is 18.2 Å². The topological polar surface area (TPSA) is 50.8 Å². The summed E-state index contributed by atoms with van der Waals surface area (Å²) in [5, 5.41) is 0.943. The molecule has 4 nitrogen and oxygen atoms in total. The van der Waals surface area contributed by atoms with Crippen LogP contribution in [0.1, 0.15) is 0 Å². The number of pyridine rings is 2. The van der Waals surface area contributed by atoms with Crippen LogP contribution < -0.4 is 4.74 Å². The van der Waals surface area contributed by atoms with E-state index in [1.54, 1.807) is 24.7 Å². The van der Waals surface area contributed by atoms with Crippen molar-refractivity contribution in [3.8, 4) is 11.6 Å². The van der Waals surface area contributed by atoms with Gasteiger partial charge in [-0.2, -0.15) is 4.98 Å². The molecule has 0 aromatic carbocycles. The number of H-pyrrole nitrogens is 1. The molecule has 16 heavy (non-hydrogen) atoms. The fraction of sp³-hybridized carbons (Fsp3) is 0. The van der Waals surface area contributed by atoms with E-state index in [0.717, 1.165) is 11.0 Å². The summed E-state index contributed by atoms with van der Waals surface area (Å²) in [7, 11) is 0. The molecule has 0 bridgehead atoms. The molecule has 1 N–H and O–H groups in total. The van der Waals surface area contributed by atoms with Crippen LogP contribution in [0.4, 0.5) is 0 Å². The fourth-order valence-corrected chi connectivity index (χ4v) is 1.43. The van der Waals surface area contributed by atoms with Crippen LogP contribution in [0.2, 0.25) is 0 Å². The van der Waals surface area contributed by atoms with Gasteiger partial charge in [-0.25, -0.2) is 0 Å². The van der Waals surface area contributed by atoms with Gasteiger partial charge in [0.1, 0.15) is 11.4 Å². The molecular formula is C12H8N3O. The normalized spacial score (nSPS) is 10.5. The van der Waals surface area contributed by atoms with Crippen LogP contribution in [0.15, 0.2) is 42.9 Å². The summed E-state index contributed by atoms with van der Waals surface area (Å²) in [6, 6.07) is 10.4. The van der Waals surface area contributed by atoms with Crippen molar-refractivity contribution in [1.82, 2.24) is 15.0 Å². The van der Waals surface area contributed by atoms with Crippen LogP contribution in [0.25, 0.3) is 11.0 Å². The van der Waals surface area contributed by atoms with Crippen molar-refractivity contribution >= 4 is 11.0 Å². The molecule has 4 heteroatoms. The molecule has 1 radical (unpaired) electrons. The van der Waals surface area contributed by atoms with Gasteiger partial charge in [0.15, 0.2) is 0 Å². The largest absolute Gasteiger partial charge is 0.437 e. The Labute approximate surface area is 91.9 Å². The second-order valence-corrected chi connectivity index (χ2v) is 3.27. The highest BCUT2D eigenvalue weighted by atomic mass is 16.5. The van der Waals surface area contributed by atoms with E-state index in [9.17, 15) is 0 Å². The first-order valence-corrected chi connectivity index (χ1v) is 4.85. The zero-order valence-corrected chi connectivity index (χ0v) is 8.34. The van der Waals surface area contributed by atoms with Crippen molar-refractivity contribution in [1.29, 1.82) is 0 Å². The Morgan fingerprint density at radius 2 is 2.25 bits per heavy atom. The van der Waals surface area contributed by atoms with Gasteiger partial charge in [-0.3, -0.25) is 4.98 Å². The lowest BCUT2D eigenvalue weighted by Gasteiger charge is -2.03. The summed E-state index contributed by atoms with van der Waals surface area (Å²) in [4.78, 5) is 11.2. The number of hydrogen-bond acceptors (Lipinski definition) is 3. The molecule has 0 unspecified atom stereocenters. The molecule has 0 spiro atoms. The maximum Gasteiger partial charge on any atom is 0.221 e. The lowest BCUT2D eigenvalue weighted by molar-refractivity contribution is 0.462. The zero-order chi connectivity index (χ0) is 10.8. The molecule has 0 aliphatic heterocycles. The lowest BCUT2D eigenvalue weighted by atomic mass is 10.3. The Bertz CT molecular complexity index is 604. The predicted octanol–water partition coefficient (Wildman–Crippen LogP) is 2.55. The summed E-state index contributed by atoms with van der Waals surface area (Å²) in [5.41, 5.74) is 0.765. The van der Waals surface area contributed by atoms with Crippen molar-refractivity contribution in [2.75, 3.05) is 0 Å². The number of fused-ring (bicyclic) bond motifs is 1. The summed E-state index contributed by atoms with van der Waals surface area (Å²) in [5.74, 6) is 1.21. The number of aromatic nitrogens is 3. The molecule has 3 rings (SSSR count). The minimum atomic E-state index is 0.538. The van der Waals surface area contributed by atoms with Crippen LogP contribution >= 0.6 is 0 Å². The number of nitrogens with one attached hydrogen (secondary N) is 1. The van der Waals surface area contributed by atoms with E-state index in [2.05, 4.69) is 21.0 Å². The van der Waals surface area contributed by atoms with Gasteiger partial charge in [0.05, 0.1) is 6.20 Å². The SMILES string of the molecule is [c]1c[nH]c2nc(Oc3cccnc3)ccc12. The molecular weight excluding hydrogens is 202 g/mol. The molecule has 3 heterocycles. The highest BCUT2D eigenvalue weighted by Crippen LogP contribution is 2.20. The number of hydrogen-bond donors (Lipinski definition) is 1. The van der Waals surface area contributed by atoms with Crippen molar-refractivity contribution in [3.63, 3.8) is 0 Å². The quantitative estimate of drug-likeness (QED) is 0.707. The zero-order valence-electron chi connectivity index (χ0n) is 8.34. The van der Waals surface area contributed by atoms with Crippen LogP contribution in [0, 0.1) is 6.07 Å². The van der Waals surface area contributed by atoms with E-state index in [-0.39, 0.29) is 0 Å². The van der Waals surface area contributed by atoms with Gasteiger partial charge < -0.3 is 9.72 Å². The first-order valence-electron chi connectivity index (χ1n) is 4.85. The van der Waals surface area contributed by atoms with E-state index in [4.69, 9.17) is 4.74 Å². The van der Waals surface area contributed by atoms with Crippen LogP contribution in [-0.4, -0.2) is 15.0 Å². The molecule has 0 aliphatic rings. The van der Waals surface area contributed by atoms with Crippen LogP contribution in [0.5, 0.6) is 11.6 Å². The first-order chi connectivity index (χ1) is 7.92. The minimum Gasteiger partial charge on any atom is -0.437 e. The maximum atomic E-state index is 5.55. The molecule has 0 saturated heterocycles. The van der Waals surface area contributed by atoms with E-state index < -0.39 is 0 Å². The number of ether oxygens (including phenoxy) is 1. The molecule has 0 saturated carbocycles. The van der Waals surface area contributed by atoms with Gasteiger partial charge in [0, 0.05) is 29.9 Å². The van der Waals surface area contributed by atoms with Gasteiger partial charge in [-0.1, -0.05) is 0 Å². The van der Waals surface area contributed by atoms with Crippen LogP contribution in [-0.2, 0) is 0 Å². The van der Waals surface area contributed by atoms with Crippen LogP contribution in [0.3, 0.4) is 0 Å². The number of nitrogens with zero attached hydrogens (tertiary/aromatic N) is 2. The highest BCUT2D eigenvalue weighted by molar-refractivity contribution is 5.74. The number of rotatable bonds is 2. The summed E-state index contributed by atoms with van der Waals surface area (Å²) in [6.07, 6.45) is 5.07. The Hall–Kier alpha value is -2.36. The van der Waals surface area contributed by atoms with Gasteiger partial charge in [-0.05, 0) is 18.2 Å². The van der Waals surface area contributed by atoms with Crippen molar-refractivity contribution in [2.45, 2.75) is 0 Å². The lowest BCUT2D eigenvalue weighted by Crippen LogP contribution is -1.88. The average molecular weight is 210 g/mol. The monoisotopic (exact) mass is 210 g/mol. The van der Waals surface area contributed by atoms with Gasteiger partial charge >= 0.3 is 0 Å². The smallest absolute Gasteiger partial charge is 0.221 e. The first kappa shape index (κ1) is 8.91. The number of aromatic amines is 1. The van der Waals surface area contributed by atoms with Gasteiger partial charge in [-0.15, -0.1) is 0 Å². The Balaban J connectivity index is 1.94. The van der Waals surface area contributed by atoms with E-state index in [0.29, 0.717) is 11.6 Å². The molecule has 0 fully saturated rings. The Morgan fingerprint density at radius 1 is 1.25 bits per heavy atom. The minimum absolute atomic E-state index is 0.538. The molecule has 3 aromatic rings. The fourth-order valence-electron chi connectivity index (χ4n) is 1.43. The molecule has 77 valence electrons. The molecule has 0 amide bonds. The Morgan fingerprint density at radius 3 is 3.12 bits per heavy atom. The van der Waals surface area contributed by atoms with Crippen molar-refractivity contribution < 1.29 is 4.74 Å². The highest BCUT2D eigenvalue weighted by Gasteiger charge is 2.01. The summed E-state index contributed by atoms with van der Waals surface area (Å²) < 4.78 is 5.55. The summed E-state index contributed by atoms with van der Waals surface area (Å²) >= 11 is 0. The average Bonchev–Trinajstić information content (AvgIpc) is 2.77. The third-order valence-electron chi connectivity index (χ3n) is 2.16. The van der Waals surface area contributed by atoms with E-state index in [1.165, 1.54) is 0 Å². The third-order valence-corrected chi connectivity index (χ3v) is 2.16. The molecule has 0 aliphatic carbocycles. The van der Waals surface area contributed by atoms with Gasteiger partial charge in [0.2, 0.25) is 5.88 Å². The van der Waals surface area contributed by atoms with Gasteiger partial charge in [0.25, 0.3) is 0 Å². The molecule has 3 aromatic heterocycles. The van der Waals surface area contributed by atoms with E-state index >= 15 is 0 Å². The molecule has 0 atom stereocenters. The second kappa shape index (κ2) is 3.66. The maximum absolute atomic E-state index is 5.55.